The molecule has 0 bridgehead atoms. The number of aryl methyl sites for hydroxylation is 1. The second-order valence-electron chi connectivity index (χ2n) is 8.51. The second kappa shape index (κ2) is 9.97. The maximum Gasteiger partial charge on any atom is 0.252 e. The summed E-state index contributed by atoms with van der Waals surface area (Å²) in [5, 5.41) is 12.1. The number of rotatable bonds is 8. The predicted molar refractivity (Wildman–Crippen MR) is 128 cm³/mol. The Kier molecular flexibility index (Phi) is 6.46. The van der Waals surface area contributed by atoms with Crippen molar-refractivity contribution < 1.29 is 4.79 Å². The average Bonchev–Trinajstić information content (AvgIpc) is 3.54. The lowest BCUT2D eigenvalue weighted by Gasteiger charge is -2.34. The molecule has 4 aromatic rings. The minimum absolute atomic E-state index is 0.00998. The maximum absolute atomic E-state index is 12.2. The van der Waals surface area contributed by atoms with Gasteiger partial charge < -0.3 is 15.2 Å². The van der Waals surface area contributed by atoms with Gasteiger partial charge in [0.05, 0.1) is 6.67 Å². The fourth-order valence-electron chi connectivity index (χ4n) is 4.41. The molecule has 0 radical (unpaired) electrons. The SMILES string of the molecule is O=C(NCN1CCN(CCCc2c[nH]c3ccc(-n4cnnc4)cc23)CC1)c1ccccc1. The van der Waals surface area contributed by atoms with E-state index in [2.05, 4.69) is 54.7 Å². The lowest BCUT2D eigenvalue weighted by Crippen LogP contribution is -2.50. The molecule has 1 amide bonds. The van der Waals surface area contributed by atoms with Crippen LogP contribution in [0, 0.1) is 0 Å². The molecule has 8 heteroatoms. The van der Waals surface area contributed by atoms with Crippen molar-refractivity contribution in [1.29, 1.82) is 0 Å². The lowest BCUT2D eigenvalue weighted by molar-refractivity contribution is 0.0871. The molecule has 0 saturated carbocycles. The van der Waals surface area contributed by atoms with Crippen LogP contribution >= 0.6 is 0 Å². The molecule has 2 aromatic carbocycles. The number of carbonyl (C=O) groups excluding carboxylic acids is 1. The molecule has 1 aliphatic heterocycles. The van der Waals surface area contributed by atoms with Crippen molar-refractivity contribution in [3.05, 3.63) is 78.5 Å². The van der Waals surface area contributed by atoms with Crippen molar-refractivity contribution in [2.24, 2.45) is 0 Å². The molecule has 5 rings (SSSR count). The van der Waals surface area contributed by atoms with Gasteiger partial charge >= 0.3 is 0 Å². The number of fused-ring (bicyclic) bond motifs is 1. The van der Waals surface area contributed by atoms with Crippen molar-refractivity contribution in [2.75, 3.05) is 39.4 Å². The van der Waals surface area contributed by atoms with Crippen molar-refractivity contribution in [3.8, 4) is 5.69 Å². The number of carbonyl (C=O) groups is 1. The van der Waals surface area contributed by atoms with Crippen molar-refractivity contribution in [2.45, 2.75) is 12.8 Å². The summed E-state index contributed by atoms with van der Waals surface area (Å²) >= 11 is 0. The Balaban J connectivity index is 1.07. The van der Waals surface area contributed by atoms with Crippen LogP contribution in [-0.4, -0.2) is 74.8 Å². The van der Waals surface area contributed by atoms with E-state index in [1.807, 2.05) is 34.9 Å². The first kappa shape index (κ1) is 21.4. The quantitative estimate of drug-likeness (QED) is 0.438. The van der Waals surface area contributed by atoms with Crippen LogP contribution in [0.5, 0.6) is 0 Å². The molecule has 1 saturated heterocycles. The van der Waals surface area contributed by atoms with E-state index in [0.29, 0.717) is 12.2 Å². The van der Waals surface area contributed by atoms with Gasteiger partial charge in [-0.05, 0) is 55.3 Å². The van der Waals surface area contributed by atoms with Gasteiger partial charge in [-0.25, -0.2) is 0 Å². The van der Waals surface area contributed by atoms with Crippen LogP contribution in [0.2, 0.25) is 0 Å². The fourth-order valence-corrected chi connectivity index (χ4v) is 4.41. The van der Waals surface area contributed by atoms with Gasteiger partial charge in [0.15, 0.2) is 0 Å². The van der Waals surface area contributed by atoms with Crippen LogP contribution in [0.25, 0.3) is 16.6 Å². The number of nitrogens with one attached hydrogen (secondary N) is 2. The van der Waals surface area contributed by atoms with Gasteiger partial charge in [-0.1, -0.05) is 18.2 Å². The minimum Gasteiger partial charge on any atom is -0.361 e. The van der Waals surface area contributed by atoms with E-state index in [1.54, 1.807) is 12.7 Å². The van der Waals surface area contributed by atoms with Gasteiger partial charge in [-0.2, -0.15) is 0 Å². The smallest absolute Gasteiger partial charge is 0.252 e. The van der Waals surface area contributed by atoms with Crippen molar-refractivity contribution in [3.63, 3.8) is 0 Å². The fraction of sp³-hybridized carbons (Fsp3) is 0.320. The Hall–Kier alpha value is -3.49. The Labute approximate surface area is 193 Å². The summed E-state index contributed by atoms with van der Waals surface area (Å²) in [6, 6.07) is 15.8. The predicted octanol–water partition coefficient (Wildman–Crippen LogP) is 2.69. The molecule has 3 heterocycles. The Morgan fingerprint density at radius 2 is 1.73 bits per heavy atom. The van der Waals surface area contributed by atoms with E-state index in [0.717, 1.165) is 56.8 Å². The van der Waals surface area contributed by atoms with E-state index in [9.17, 15) is 4.79 Å². The summed E-state index contributed by atoms with van der Waals surface area (Å²) < 4.78 is 1.93. The maximum atomic E-state index is 12.2. The van der Waals surface area contributed by atoms with Crippen LogP contribution in [0.4, 0.5) is 0 Å². The number of hydrogen-bond donors (Lipinski definition) is 2. The molecule has 1 aliphatic rings. The highest BCUT2D eigenvalue weighted by molar-refractivity contribution is 5.94. The summed E-state index contributed by atoms with van der Waals surface area (Å²) in [4.78, 5) is 20.5. The first-order chi connectivity index (χ1) is 16.3. The third-order valence-corrected chi connectivity index (χ3v) is 6.35. The van der Waals surface area contributed by atoms with E-state index < -0.39 is 0 Å². The molecular formula is C25H29N7O. The average molecular weight is 444 g/mol. The molecule has 2 aromatic heterocycles. The molecule has 0 atom stereocenters. The second-order valence-corrected chi connectivity index (χ2v) is 8.51. The molecule has 8 nitrogen and oxygen atoms in total. The summed E-state index contributed by atoms with van der Waals surface area (Å²) in [5.74, 6) is -0.00998. The van der Waals surface area contributed by atoms with Gasteiger partial charge in [-0.15, -0.1) is 10.2 Å². The van der Waals surface area contributed by atoms with Gasteiger partial charge in [-0.3, -0.25) is 14.3 Å². The van der Waals surface area contributed by atoms with Crippen LogP contribution < -0.4 is 5.32 Å². The summed E-state index contributed by atoms with van der Waals surface area (Å²) in [5.41, 5.74) is 4.29. The standard InChI is InChI=1S/C25H29N7O/c33-25(20-5-2-1-3-6-20)27-17-31-13-11-30(12-14-31)10-4-7-21-16-26-24-9-8-22(15-23(21)24)32-18-28-29-19-32/h1-3,5-6,8-9,15-16,18-19,26H,4,7,10-14,17H2,(H,27,33). The number of H-pyrrole nitrogens is 1. The summed E-state index contributed by atoms with van der Waals surface area (Å²) in [6.45, 7) is 5.71. The van der Waals surface area contributed by atoms with Gasteiger partial charge in [0.2, 0.25) is 0 Å². The Bertz CT molecular complexity index is 1180. The Morgan fingerprint density at radius 1 is 0.970 bits per heavy atom. The molecule has 0 unspecified atom stereocenters. The zero-order valence-corrected chi connectivity index (χ0v) is 18.7. The molecule has 170 valence electrons. The first-order valence-corrected chi connectivity index (χ1v) is 11.5. The monoisotopic (exact) mass is 443 g/mol. The molecule has 1 fully saturated rings. The molecule has 2 N–H and O–H groups in total. The number of nitrogens with zero attached hydrogens (tertiary/aromatic N) is 5. The highest BCUT2D eigenvalue weighted by atomic mass is 16.1. The zero-order valence-electron chi connectivity index (χ0n) is 18.7. The molecule has 0 spiro atoms. The third kappa shape index (κ3) is 5.13. The highest BCUT2D eigenvalue weighted by Crippen LogP contribution is 2.23. The first-order valence-electron chi connectivity index (χ1n) is 11.5. The number of hydrogen-bond acceptors (Lipinski definition) is 5. The number of benzene rings is 2. The van der Waals surface area contributed by atoms with Crippen LogP contribution in [0.15, 0.2) is 67.4 Å². The molecular weight excluding hydrogens is 414 g/mol. The van der Waals surface area contributed by atoms with Crippen LogP contribution in [0.1, 0.15) is 22.3 Å². The van der Waals surface area contributed by atoms with E-state index in [4.69, 9.17) is 0 Å². The van der Waals surface area contributed by atoms with E-state index in [-0.39, 0.29) is 5.91 Å². The zero-order chi connectivity index (χ0) is 22.5. The summed E-state index contributed by atoms with van der Waals surface area (Å²) in [6.07, 6.45) is 7.74. The Morgan fingerprint density at radius 3 is 2.52 bits per heavy atom. The van der Waals surface area contributed by atoms with E-state index >= 15 is 0 Å². The van der Waals surface area contributed by atoms with E-state index in [1.165, 1.54) is 10.9 Å². The number of aromatic amines is 1. The van der Waals surface area contributed by atoms with Crippen molar-refractivity contribution >= 4 is 16.8 Å². The minimum atomic E-state index is -0.00998. The number of piperazine rings is 1. The van der Waals surface area contributed by atoms with Crippen molar-refractivity contribution in [1.82, 2.24) is 34.9 Å². The molecule has 0 aliphatic carbocycles. The van der Waals surface area contributed by atoms with Crippen LogP contribution in [0.3, 0.4) is 0 Å². The van der Waals surface area contributed by atoms with Gasteiger partial charge in [0, 0.05) is 54.5 Å². The lowest BCUT2D eigenvalue weighted by atomic mass is 10.1. The normalized spacial score (nSPS) is 15.2. The topological polar surface area (TPSA) is 82.1 Å². The summed E-state index contributed by atoms with van der Waals surface area (Å²) in [7, 11) is 0. The van der Waals surface area contributed by atoms with Gasteiger partial charge in [0.25, 0.3) is 5.91 Å². The van der Waals surface area contributed by atoms with Gasteiger partial charge in [0.1, 0.15) is 12.7 Å². The van der Waals surface area contributed by atoms with Crippen LogP contribution in [-0.2, 0) is 6.42 Å². The molecule has 33 heavy (non-hydrogen) atoms. The highest BCUT2D eigenvalue weighted by Gasteiger charge is 2.17. The number of aromatic nitrogens is 4. The number of amides is 1. The third-order valence-electron chi connectivity index (χ3n) is 6.35. The largest absolute Gasteiger partial charge is 0.361 e.